The lowest BCUT2D eigenvalue weighted by atomic mass is 10.0. The summed E-state index contributed by atoms with van der Waals surface area (Å²) in [7, 11) is 0. The Labute approximate surface area is 222 Å². The van der Waals surface area contributed by atoms with E-state index in [2.05, 4.69) is 15.6 Å². The smallest absolute Gasteiger partial charge is 0.449 e. The van der Waals surface area contributed by atoms with Gasteiger partial charge in [-0.25, -0.2) is 9.59 Å². The van der Waals surface area contributed by atoms with Crippen LogP contribution in [0.25, 0.3) is 11.6 Å². The Morgan fingerprint density at radius 3 is 2.49 bits per heavy atom. The van der Waals surface area contributed by atoms with Crippen molar-refractivity contribution in [3.05, 3.63) is 75.1 Å². The first-order valence-corrected chi connectivity index (χ1v) is 11.4. The summed E-state index contributed by atoms with van der Waals surface area (Å²) in [6, 6.07) is 5.87. The fraction of sp³-hybridized carbons (Fsp3) is 0.120. The standard InChI is InChI=1S/C25H18ClF3N4O6/c1-10-18(30-11(2)20(10)39-24(37)38)9-15-14-5-4-13(8-19(14)32-22(15)35)31-23(36)33-21(34)12-3-6-17(26)16(7-12)25(27,28)29/h3-9,30H,1-2H3,(H,32,35)(H,37,38)(H2,31,33,34,36)/b15-9-. The molecule has 2 aromatic carbocycles. The van der Waals surface area contributed by atoms with Crippen LogP contribution in [0.4, 0.5) is 34.1 Å². The second kappa shape index (κ2) is 10.2. The number of anilines is 2. The number of aryl methyl sites for hydroxylation is 1. The van der Waals surface area contributed by atoms with E-state index in [-0.39, 0.29) is 17.0 Å². The van der Waals surface area contributed by atoms with Crippen molar-refractivity contribution in [1.29, 1.82) is 0 Å². The molecule has 4 amide bonds. The van der Waals surface area contributed by atoms with E-state index in [1.807, 2.05) is 5.32 Å². The first-order chi connectivity index (χ1) is 18.2. The van der Waals surface area contributed by atoms with Gasteiger partial charge in [0.25, 0.3) is 11.8 Å². The van der Waals surface area contributed by atoms with E-state index >= 15 is 0 Å². The van der Waals surface area contributed by atoms with Gasteiger partial charge in [0.2, 0.25) is 0 Å². The van der Waals surface area contributed by atoms with E-state index in [0.717, 1.165) is 12.1 Å². The molecule has 0 saturated heterocycles. The number of carbonyl (C=O) groups excluding carboxylic acids is 3. The summed E-state index contributed by atoms with van der Waals surface area (Å²) >= 11 is 5.55. The van der Waals surface area contributed by atoms with Gasteiger partial charge in [-0.05, 0) is 50.3 Å². The van der Waals surface area contributed by atoms with E-state index in [0.29, 0.717) is 34.3 Å². The summed E-state index contributed by atoms with van der Waals surface area (Å²) in [6.45, 7) is 3.24. The number of H-pyrrole nitrogens is 1. The number of ether oxygens (including phenoxy) is 1. The van der Waals surface area contributed by atoms with E-state index in [9.17, 15) is 32.3 Å². The molecular weight excluding hydrogens is 545 g/mol. The molecule has 202 valence electrons. The number of aromatic amines is 1. The molecule has 0 bridgehead atoms. The number of rotatable bonds is 4. The lowest BCUT2D eigenvalue weighted by Gasteiger charge is -2.11. The van der Waals surface area contributed by atoms with Gasteiger partial charge in [-0.1, -0.05) is 17.7 Å². The van der Waals surface area contributed by atoms with Crippen molar-refractivity contribution < 1.29 is 42.2 Å². The lowest BCUT2D eigenvalue weighted by Crippen LogP contribution is -2.34. The topological polar surface area (TPSA) is 150 Å². The fourth-order valence-electron chi connectivity index (χ4n) is 3.92. The maximum atomic E-state index is 13.1. The lowest BCUT2D eigenvalue weighted by molar-refractivity contribution is -0.137. The second-order valence-corrected chi connectivity index (χ2v) is 8.77. The number of amides is 4. The molecule has 0 unspecified atom stereocenters. The van der Waals surface area contributed by atoms with Crippen molar-refractivity contribution in [1.82, 2.24) is 10.3 Å². The molecular formula is C25H18ClF3N4O6. The SMILES string of the molecule is Cc1[nH]c(/C=C2\C(=O)Nc3cc(NC(=O)NC(=O)c4ccc(Cl)c(C(F)(F)F)c4)ccc32)c(C)c1OC(=O)O. The highest BCUT2D eigenvalue weighted by Crippen LogP contribution is 2.37. The number of hydrogen-bond acceptors (Lipinski definition) is 5. The molecule has 1 aromatic heterocycles. The third kappa shape index (κ3) is 5.72. The summed E-state index contributed by atoms with van der Waals surface area (Å²) in [6.07, 6.45) is -4.74. The number of aromatic nitrogens is 1. The second-order valence-electron chi connectivity index (χ2n) is 8.36. The average Bonchev–Trinajstić information content (AvgIpc) is 3.28. The Kier molecular flexibility index (Phi) is 7.11. The minimum atomic E-state index is -4.79. The van der Waals surface area contributed by atoms with Crippen LogP contribution in [0.15, 0.2) is 36.4 Å². The van der Waals surface area contributed by atoms with E-state index < -0.39 is 46.3 Å². The van der Waals surface area contributed by atoms with Crippen LogP contribution in [0.1, 0.15) is 38.4 Å². The van der Waals surface area contributed by atoms with Crippen LogP contribution >= 0.6 is 11.6 Å². The highest BCUT2D eigenvalue weighted by Gasteiger charge is 2.34. The molecule has 10 nitrogen and oxygen atoms in total. The van der Waals surface area contributed by atoms with Crippen molar-refractivity contribution in [2.75, 3.05) is 10.6 Å². The third-order valence-electron chi connectivity index (χ3n) is 5.71. The zero-order valence-electron chi connectivity index (χ0n) is 20.0. The summed E-state index contributed by atoms with van der Waals surface area (Å²) < 4.78 is 43.9. The minimum absolute atomic E-state index is 0.126. The van der Waals surface area contributed by atoms with Crippen LogP contribution in [0, 0.1) is 13.8 Å². The van der Waals surface area contributed by atoms with Crippen molar-refractivity contribution in [3.63, 3.8) is 0 Å². The molecule has 5 N–H and O–H groups in total. The van der Waals surface area contributed by atoms with Crippen LogP contribution in [-0.4, -0.2) is 34.1 Å². The number of halogens is 4. The predicted octanol–water partition coefficient (Wildman–Crippen LogP) is 5.82. The number of urea groups is 1. The van der Waals surface area contributed by atoms with Crippen LogP contribution in [0.2, 0.25) is 5.02 Å². The highest BCUT2D eigenvalue weighted by molar-refractivity contribution is 6.35. The minimum Gasteiger partial charge on any atom is -0.449 e. The summed E-state index contributed by atoms with van der Waals surface area (Å²) in [4.78, 5) is 51.1. The monoisotopic (exact) mass is 562 g/mol. The molecule has 0 spiro atoms. The van der Waals surface area contributed by atoms with Gasteiger partial charge in [0.1, 0.15) is 0 Å². The van der Waals surface area contributed by atoms with Crippen molar-refractivity contribution in [2.45, 2.75) is 20.0 Å². The third-order valence-corrected chi connectivity index (χ3v) is 6.04. The molecule has 0 saturated carbocycles. The van der Waals surface area contributed by atoms with E-state index in [1.165, 1.54) is 24.3 Å². The van der Waals surface area contributed by atoms with Gasteiger partial charge in [-0.3, -0.25) is 14.9 Å². The van der Waals surface area contributed by atoms with Crippen LogP contribution < -0.4 is 20.7 Å². The summed E-state index contributed by atoms with van der Waals surface area (Å²) in [5, 5.41) is 15.3. The van der Waals surface area contributed by atoms with Crippen LogP contribution in [-0.2, 0) is 11.0 Å². The van der Waals surface area contributed by atoms with Gasteiger partial charge in [-0.15, -0.1) is 0 Å². The van der Waals surface area contributed by atoms with E-state index in [1.54, 1.807) is 13.8 Å². The Hall–Kier alpha value is -4.78. The van der Waals surface area contributed by atoms with Gasteiger partial charge in [0, 0.05) is 28.1 Å². The molecule has 0 fully saturated rings. The molecule has 1 aliphatic rings. The summed E-state index contributed by atoms with van der Waals surface area (Å²) in [5.41, 5.74) is 0.997. The number of hydrogen-bond donors (Lipinski definition) is 5. The number of benzene rings is 2. The van der Waals surface area contributed by atoms with Crippen molar-refractivity contribution in [3.8, 4) is 5.75 Å². The predicted molar refractivity (Wildman–Crippen MR) is 135 cm³/mol. The Balaban J connectivity index is 1.50. The number of nitrogens with one attached hydrogen (secondary N) is 4. The zero-order chi connectivity index (χ0) is 28.6. The van der Waals surface area contributed by atoms with Gasteiger partial charge in [-0.2, -0.15) is 13.2 Å². The molecule has 0 aliphatic carbocycles. The first kappa shape index (κ1) is 27.3. The van der Waals surface area contributed by atoms with Gasteiger partial charge >= 0.3 is 18.4 Å². The molecule has 14 heteroatoms. The Bertz CT molecular complexity index is 1580. The Morgan fingerprint density at radius 1 is 1.10 bits per heavy atom. The van der Waals surface area contributed by atoms with Crippen molar-refractivity contribution in [2.24, 2.45) is 0 Å². The number of alkyl halides is 3. The van der Waals surface area contributed by atoms with Crippen molar-refractivity contribution >= 4 is 58.6 Å². The van der Waals surface area contributed by atoms with E-state index in [4.69, 9.17) is 21.4 Å². The number of carboxylic acid groups (broad SMARTS) is 1. The Morgan fingerprint density at radius 2 is 1.82 bits per heavy atom. The van der Waals surface area contributed by atoms with Gasteiger partial charge in [0.15, 0.2) is 5.75 Å². The maximum Gasteiger partial charge on any atom is 0.511 e. The quantitative estimate of drug-likeness (QED) is 0.200. The first-order valence-electron chi connectivity index (χ1n) is 11.0. The largest absolute Gasteiger partial charge is 0.511 e. The molecule has 3 aromatic rings. The maximum absolute atomic E-state index is 13.1. The van der Waals surface area contributed by atoms with Crippen LogP contribution in [0.3, 0.4) is 0 Å². The normalized spacial score (nSPS) is 13.6. The molecule has 39 heavy (non-hydrogen) atoms. The number of fused-ring (bicyclic) bond motifs is 1. The number of carbonyl (C=O) groups is 4. The molecule has 2 heterocycles. The summed E-state index contributed by atoms with van der Waals surface area (Å²) in [5.74, 6) is -1.42. The highest BCUT2D eigenvalue weighted by atomic mass is 35.5. The average molecular weight is 563 g/mol. The fourth-order valence-corrected chi connectivity index (χ4v) is 4.15. The van der Waals surface area contributed by atoms with Crippen LogP contribution in [0.5, 0.6) is 5.75 Å². The zero-order valence-corrected chi connectivity index (χ0v) is 20.8. The molecule has 1 aliphatic heterocycles. The number of imide groups is 1. The van der Waals surface area contributed by atoms with Gasteiger partial charge < -0.3 is 25.5 Å². The van der Waals surface area contributed by atoms with Gasteiger partial charge in [0.05, 0.1) is 27.5 Å². The molecule has 0 atom stereocenters. The molecule has 0 radical (unpaired) electrons. The molecule has 4 rings (SSSR count).